The van der Waals surface area contributed by atoms with Crippen LogP contribution in [0.3, 0.4) is 0 Å². The molecule has 2 unspecified atom stereocenters. The van der Waals surface area contributed by atoms with Crippen LogP contribution in [0.25, 0.3) is 0 Å². The normalized spacial score (nSPS) is 23.9. The fourth-order valence-corrected chi connectivity index (χ4v) is 4.55. The van der Waals surface area contributed by atoms with E-state index in [1.807, 2.05) is 18.2 Å². The highest BCUT2D eigenvalue weighted by molar-refractivity contribution is 7.92. The van der Waals surface area contributed by atoms with Gasteiger partial charge in [0.15, 0.2) is 0 Å². The zero-order chi connectivity index (χ0) is 19.5. The van der Waals surface area contributed by atoms with Gasteiger partial charge >= 0.3 is 0 Å². The van der Waals surface area contributed by atoms with Crippen molar-refractivity contribution in [1.82, 2.24) is 4.90 Å². The first kappa shape index (κ1) is 19.9. The lowest BCUT2D eigenvalue weighted by Gasteiger charge is -2.45. The van der Waals surface area contributed by atoms with Crippen molar-refractivity contribution in [2.75, 3.05) is 23.6 Å². The van der Waals surface area contributed by atoms with Crippen LogP contribution in [-0.4, -0.2) is 32.2 Å². The summed E-state index contributed by atoms with van der Waals surface area (Å²) in [7, 11) is -3.25. The van der Waals surface area contributed by atoms with Crippen LogP contribution < -0.4 is 4.72 Å². The highest BCUT2D eigenvalue weighted by atomic mass is 32.2. The second kappa shape index (κ2) is 8.03. The standard InChI is InChI=1S/C22H30N2O2S/c1-4-27(25,26)23-21-12-8-11-20(15-21)22(3)13-14-24(16-18(22)2)17-19-9-6-5-7-10-19/h5-12,15,18,23H,4,13-14,16-17H2,1-3H3. The first-order valence-corrected chi connectivity index (χ1v) is 11.3. The molecule has 2 atom stereocenters. The predicted molar refractivity (Wildman–Crippen MR) is 112 cm³/mol. The summed E-state index contributed by atoms with van der Waals surface area (Å²) in [5.41, 5.74) is 3.27. The monoisotopic (exact) mass is 386 g/mol. The average molecular weight is 387 g/mol. The Morgan fingerprint density at radius 3 is 2.56 bits per heavy atom. The molecule has 0 bridgehead atoms. The number of anilines is 1. The summed E-state index contributed by atoms with van der Waals surface area (Å²) >= 11 is 0. The van der Waals surface area contributed by atoms with Crippen LogP contribution in [-0.2, 0) is 22.0 Å². The number of nitrogens with one attached hydrogen (secondary N) is 1. The van der Waals surface area contributed by atoms with Gasteiger partial charge in [0.05, 0.1) is 5.75 Å². The number of likely N-dealkylation sites (tertiary alicyclic amines) is 1. The molecule has 1 fully saturated rings. The Hall–Kier alpha value is -1.85. The van der Waals surface area contributed by atoms with E-state index in [0.717, 1.165) is 26.1 Å². The van der Waals surface area contributed by atoms with Gasteiger partial charge in [-0.25, -0.2) is 8.42 Å². The molecular formula is C22H30N2O2S. The van der Waals surface area contributed by atoms with Crippen molar-refractivity contribution in [2.24, 2.45) is 5.92 Å². The van der Waals surface area contributed by atoms with Gasteiger partial charge in [-0.2, -0.15) is 0 Å². The third-order valence-corrected chi connectivity index (χ3v) is 7.30. The molecule has 2 aromatic carbocycles. The van der Waals surface area contributed by atoms with Crippen LogP contribution in [0.4, 0.5) is 5.69 Å². The Bertz CT molecular complexity index is 867. The molecule has 0 radical (unpaired) electrons. The first-order chi connectivity index (χ1) is 12.8. The van der Waals surface area contributed by atoms with Gasteiger partial charge in [-0.15, -0.1) is 0 Å². The lowest BCUT2D eigenvalue weighted by Crippen LogP contribution is -2.46. The molecule has 1 heterocycles. The topological polar surface area (TPSA) is 49.4 Å². The van der Waals surface area contributed by atoms with Gasteiger partial charge in [0.1, 0.15) is 0 Å². The molecule has 1 saturated heterocycles. The van der Waals surface area contributed by atoms with Crippen molar-refractivity contribution in [1.29, 1.82) is 0 Å². The number of benzene rings is 2. The summed E-state index contributed by atoms with van der Waals surface area (Å²) in [6.45, 7) is 9.33. The molecular weight excluding hydrogens is 356 g/mol. The second-order valence-corrected chi connectivity index (χ2v) is 9.89. The Morgan fingerprint density at radius 1 is 1.15 bits per heavy atom. The molecule has 146 valence electrons. The van der Waals surface area contributed by atoms with Gasteiger partial charge in [0.25, 0.3) is 0 Å². The van der Waals surface area contributed by atoms with Gasteiger partial charge < -0.3 is 0 Å². The van der Waals surface area contributed by atoms with Crippen LogP contribution in [0.2, 0.25) is 0 Å². The highest BCUT2D eigenvalue weighted by Crippen LogP contribution is 2.40. The summed E-state index contributed by atoms with van der Waals surface area (Å²) < 4.78 is 26.5. The molecule has 5 heteroatoms. The van der Waals surface area contributed by atoms with Gasteiger partial charge in [-0.3, -0.25) is 9.62 Å². The molecule has 1 aliphatic rings. The number of nitrogens with zero attached hydrogens (tertiary/aromatic N) is 1. The van der Waals surface area contributed by atoms with Crippen LogP contribution in [0, 0.1) is 5.92 Å². The number of rotatable bonds is 6. The molecule has 3 rings (SSSR count). The smallest absolute Gasteiger partial charge is 0.232 e. The maximum absolute atomic E-state index is 11.9. The van der Waals surface area contributed by atoms with E-state index in [1.54, 1.807) is 6.92 Å². The maximum Gasteiger partial charge on any atom is 0.232 e. The summed E-state index contributed by atoms with van der Waals surface area (Å²) in [5, 5.41) is 0. The van der Waals surface area contributed by atoms with Crippen molar-refractivity contribution < 1.29 is 8.42 Å². The van der Waals surface area contributed by atoms with E-state index >= 15 is 0 Å². The lowest BCUT2D eigenvalue weighted by atomic mass is 9.68. The molecule has 4 nitrogen and oxygen atoms in total. The molecule has 1 aliphatic heterocycles. The van der Waals surface area contributed by atoms with Crippen molar-refractivity contribution >= 4 is 15.7 Å². The molecule has 0 amide bonds. The number of sulfonamides is 1. The van der Waals surface area contributed by atoms with Crippen molar-refractivity contribution in [3.63, 3.8) is 0 Å². The minimum Gasteiger partial charge on any atom is -0.299 e. The zero-order valence-corrected chi connectivity index (χ0v) is 17.3. The van der Waals surface area contributed by atoms with Gasteiger partial charge in [0, 0.05) is 18.8 Å². The van der Waals surface area contributed by atoms with Gasteiger partial charge in [-0.1, -0.05) is 56.3 Å². The SMILES string of the molecule is CCS(=O)(=O)Nc1cccc(C2(C)CCN(Cc3ccccc3)CC2C)c1. The maximum atomic E-state index is 11.9. The Labute approximate surface area is 163 Å². The minimum atomic E-state index is -3.25. The molecule has 0 aliphatic carbocycles. The molecule has 27 heavy (non-hydrogen) atoms. The van der Waals surface area contributed by atoms with Crippen LogP contribution in [0.5, 0.6) is 0 Å². The van der Waals surface area contributed by atoms with Gasteiger partial charge in [0.2, 0.25) is 10.0 Å². The fraction of sp³-hybridized carbons (Fsp3) is 0.455. The molecule has 0 spiro atoms. The Kier molecular flexibility index (Phi) is 5.92. The minimum absolute atomic E-state index is 0.0425. The van der Waals surface area contributed by atoms with Crippen LogP contribution >= 0.6 is 0 Å². The average Bonchev–Trinajstić information content (AvgIpc) is 2.66. The van der Waals surface area contributed by atoms with E-state index in [4.69, 9.17) is 0 Å². The third-order valence-electron chi connectivity index (χ3n) is 5.99. The highest BCUT2D eigenvalue weighted by Gasteiger charge is 2.38. The summed E-state index contributed by atoms with van der Waals surface area (Å²) in [6.07, 6.45) is 1.06. The molecule has 0 saturated carbocycles. The van der Waals surface area contributed by atoms with Crippen LogP contribution in [0.1, 0.15) is 38.3 Å². The van der Waals surface area contributed by atoms with E-state index in [1.165, 1.54) is 11.1 Å². The van der Waals surface area contributed by atoms with E-state index < -0.39 is 10.0 Å². The number of hydrogen-bond donors (Lipinski definition) is 1. The first-order valence-electron chi connectivity index (χ1n) is 9.70. The molecule has 1 N–H and O–H groups in total. The van der Waals surface area contributed by atoms with Crippen LogP contribution in [0.15, 0.2) is 54.6 Å². The summed E-state index contributed by atoms with van der Waals surface area (Å²) in [6, 6.07) is 18.5. The zero-order valence-electron chi connectivity index (χ0n) is 16.5. The Morgan fingerprint density at radius 2 is 1.89 bits per heavy atom. The third kappa shape index (κ3) is 4.71. The summed E-state index contributed by atoms with van der Waals surface area (Å²) in [5.74, 6) is 0.562. The predicted octanol–water partition coefficient (Wildman–Crippen LogP) is 4.25. The van der Waals surface area contributed by atoms with Crippen molar-refractivity contribution in [3.8, 4) is 0 Å². The molecule has 2 aromatic rings. The number of piperidine rings is 1. The Balaban J connectivity index is 1.73. The van der Waals surface area contributed by atoms with E-state index in [2.05, 4.69) is 59.9 Å². The number of hydrogen-bond acceptors (Lipinski definition) is 3. The van der Waals surface area contributed by atoms with E-state index in [-0.39, 0.29) is 11.2 Å². The van der Waals surface area contributed by atoms with Crippen molar-refractivity contribution in [3.05, 3.63) is 65.7 Å². The van der Waals surface area contributed by atoms with Gasteiger partial charge in [-0.05, 0) is 54.5 Å². The van der Waals surface area contributed by atoms with Crippen molar-refractivity contribution in [2.45, 2.75) is 39.2 Å². The quantitative estimate of drug-likeness (QED) is 0.807. The largest absolute Gasteiger partial charge is 0.299 e. The second-order valence-electron chi connectivity index (χ2n) is 7.88. The fourth-order valence-electron chi connectivity index (χ4n) is 3.92. The summed E-state index contributed by atoms with van der Waals surface area (Å²) in [4.78, 5) is 2.52. The lowest BCUT2D eigenvalue weighted by molar-refractivity contribution is 0.105. The van der Waals surface area contributed by atoms with E-state index in [9.17, 15) is 8.42 Å². The molecule has 0 aromatic heterocycles. The van der Waals surface area contributed by atoms with E-state index in [0.29, 0.717) is 11.6 Å².